The molecule has 3 N–H and O–H groups in total. The second-order valence-electron chi connectivity index (χ2n) is 4.70. The van der Waals surface area contributed by atoms with Crippen molar-refractivity contribution in [1.29, 1.82) is 0 Å². The molecule has 0 radical (unpaired) electrons. The Balaban J connectivity index is 0. The van der Waals surface area contributed by atoms with E-state index in [9.17, 15) is 4.79 Å². The van der Waals surface area contributed by atoms with Crippen molar-refractivity contribution in [3.05, 3.63) is 0 Å². The number of nitrogens with two attached hydrogens (primary N) is 1. The molecule has 0 aromatic heterocycles. The first kappa shape index (κ1) is 17.8. The maximum atomic E-state index is 10.7. The molecule has 0 saturated heterocycles. The Labute approximate surface area is 99.9 Å². The molecule has 0 saturated carbocycles. The first-order valence-electron chi connectivity index (χ1n) is 5.79. The van der Waals surface area contributed by atoms with Crippen molar-refractivity contribution >= 4 is 5.91 Å². The molecule has 0 aromatic rings. The summed E-state index contributed by atoms with van der Waals surface area (Å²) >= 11 is 0. The molecule has 4 heteroatoms. The highest BCUT2D eigenvalue weighted by Crippen LogP contribution is 2.10. The molecule has 0 heterocycles. The van der Waals surface area contributed by atoms with Crippen molar-refractivity contribution in [2.75, 3.05) is 20.2 Å². The van der Waals surface area contributed by atoms with Gasteiger partial charge in [-0.1, -0.05) is 13.8 Å². The normalized spacial score (nSPS) is 10.8. The molecule has 98 valence electrons. The van der Waals surface area contributed by atoms with E-state index in [1.54, 1.807) is 0 Å². The van der Waals surface area contributed by atoms with Crippen LogP contribution < -0.4 is 11.1 Å². The van der Waals surface area contributed by atoms with E-state index in [1.807, 2.05) is 13.8 Å². The van der Waals surface area contributed by atoms with E-state index in [4.69, 9.17) is 4.74 Å². The Morgan fingerprint density at radius 2 is 1.88 bits per heavy atom. The molecule has 0 spiro atoms. The zero-order chi connectivity index (χ0) is 13.2. The topological polar surface area (TPSA) is 64.3 Å². The van der Waals surface area contributed by atoms with Crippen LogP contribution in [-0.4, -0.2) is 31.7 Å². The van der Waals surface area contributed by atoms with Crippen LogP contribution in [0.2, 0.25) is 0 Å². The van der Waals surface area contributed by atoms with Gasteiger partial charge in [-0.05, 0) is 33.2 Å². The molecule has 0 rings (SSSR count). The average Bonchev–Trinajstić information content (AvgIpc) is 2.17. The largest absolute Gasteiger partial charge is 0.374 e. The third kappa shape index (κ3) is 13.4. The van der Waals surface area contributed by atoms with Crippen LogP contribution in [0.3, 0.4) is 0 Å². The van der Waals surface area contributed by atoms with Crippen molar-refractivity contribution in [1.82, 2.24) is 5.32 Å². The smallest absolute Gasteiger partial charge is 0.216 e. The molecule has 0 atom stereocenters. The highest BCUT2D eigenvalue weighted by Gasteiger charge is 2.18. The lowest BCUT2D eigenvalue weighted by Gasteiger charge is -2.25. The molecule has 0 aliphatic rings. The summed E-state index contributed by atoms with van der Waals surface area (Å²) in [6.45, 7) is 11.2. The van der Waals surface area contributed by atoms with Gasteiger partial charge in [0.2, 0.25) is 5.91 Å². The van der Waals surface area contributed by atoms with Crippen LogP contribution in [0.4, 0.5) is 0 Å². The molecule has 0 unspecified atom stereocenters. The van der Waals surface area contributed by atoms with Crippen LogP contribution in [0, 0.1) is 5.92 Å². The molecule has 1 amide bonds. The van der Waals surface area contributed by atoms with Crippen molar-refractivity contribution in [2.45, 2.75) is 46.6 Å². The van der Waals surface area contributed by atoms with Gasteiger partial charge in [-0.15, -0.1) is 0 Å². The summed E-state index contributed by atoms with van der Waals surface area (Å²) in [6.07, 6.45) is 1.06. The van der Waals surface area contributed by atoms with Gasteiger partial charge < -0.3 is 15.8 Å². The molecule has 4 nitrogen and oxygen atoms in total. The fourth-order valence-corrected chi connectivity index (χ4v) is 0.959. The van der Waals surface area contributed by atoms with Crippen molar-refractivity contribution in [3.63, 3.8) is 0 Å². The van der Waals surface area contributed by atoms with Crippen LogP contribution in [0.1, 0.15) is 41.0 Å². The van der Waals surface area contributed by atoms with Gasteiger partial charge in [0.1, 0.15) is 0 Å². The number of amides is 1. The van der Waals surface area contributed by atoms with Crippen molar-refractivity contribution in [2.24, 2.45) is 11.7 Å². The summed E-state index contributed by atoms with van der Waals surface area (Å²) in [5.41, 5.74) is 4.24. The molecule has 0 aromatic carbocycles. The summed E-state index contributed by atoms with van der Waals surface area (Å²) in [4.78, 5) is 10.7. The van der Waals surface area contributed by atoms with E-state index in [0.29, 0.717) is 12.5 Å². The third-order valence-corrected chi connectivity index (χ3v) is 1.95. The number of ether oxygens (including phenoxy) is 1. The number of rotatable bonds is 6. The highest BCUT2D eigenvalue weighted by atomic mass is 16.5. The quantitative estimate of drug-likeness (QED) is 0.730. The Bertz CT molecular complexity index is 180. The van der Waals surface area contributed by atoms with Gasteiger partial charge in [0.05, 0.1) is 5.60 Å². The Morgan fingerprint density at radius 1 is 1.38 bits per heavy atom. The summed E-state index contributed by atoms with van der Waals surface area (Å²) in [6, 6.07) is 0. The fourth-order valence-electron chi connectivity index (χ4n) is 0.959. The molecule has 0 aliphatic carbocycles. The number of hydrogen-bond acceptors (Lipinski definition) is 3. The van der Waals surface area contributed by atoms with Gasteiger partial charge >= 0.3 is 0 Å². The van der Waals surface area contributed by atoms with Crippen molar-refractivity contribution in [3.8, 4) is 0 Å². The molecular weight excluding hydrogens is 204 g/mol. The minimum atomic E-state index is -0.263. The Hall–Kier alpha value is -0.610. The second-order valence-corrected chi connectivity index (χ2v) is 4.70. The van der Waals surface area contributed by atoms with Gasteiger partial charge in [-0.2, -0.15) is 0 Å². The lowest BCUT2D eigenvalue weighted by atomic mass is 10.1. The zero-order valence-electron chi connectivity index (χ0n) is 11.6. The van der Waals surface area contributed by atoms with Gasteiger partial charge in [0.25, 0.3) is 0 Å². The van der Waals surface area contributed by atoms with Gasteiger partial charge in [0.15, 0.2) is 0 Å². The summed E-state index contributed by atoms with van der Waals surface area (Å²) in [5, 5.41) is 2.76. The van der Waals surface area contributed by atoms with E-state index in [1.165, 1.54) is 14.0 Å². The number of hydrogen-bond donors (Lipinski definition) is 2. The minimum Gasteiger partial charge on any atom is -0.374 e. The monoisotopic (exact) mass is 232 g/mol. The van der Waals surface area contributed by atoms with E-state index in [-0.39, 0.29) is 11.5 Å². The highest BCUT2D eigenvalue weighted by molar-refractivity contribution is 5.72. The maximum absolute atomic E-state index is 10.7. The van der Waals surface area contributed by atoms with Gasteiger partial charge in [-0.3, -0.25) is 4.79 Å². The molecule has 0 aliphatic heterocycles. The standard InChI is InChI=1S/C11H23NO2.CH5N/c1-9(2)6-7-14-11(4,5)8-12-10(3)13;1-2/h9H,6-8H2,1-5H3,(H,12,13);2H2,1H3. The van der Waals surface area contributed by atoms with Crippen LogP contribution in [-0.2, 0) is 9.53 Å². The number of carbonyl (C=O) groups excluding carboxylic acids is 1. The number of carbonyl (C=O) groups is 1. The molecule has 0 bridgehead atoms. The van der Waals surface area contributed by atoms with E-state index in [0.717, 1.165) is 13.0 Å². The lowest BCUT2D eigenvalue weighted by Crippen LogP contribution is -2.39. The van der Waals surface area contributed by atoms with Crippen LogP contribution in [0.25, 0.3) is 0 Å². The summed E-state index contributed by atoms with van der Waals surface area (Å²) in [7, 11) is 1.50. The van der Waals surface area contributed by atoms with E-state index >= 15 is 0 Å². The minimum absolute atomic E-state index is 0.00876. The second kappa shape index (κ2) is 9.60. The molecular formula is C12H28N2O2. The average molecular weight is 232 g/mol. The Morgan fingerprint density at radius 3 is 2.25 bits per heavy atom. The predicted molar refractivity (Wildman–Crippen MR) is 68.3 cm³/mol. The summed E-state index contributed by atoms with van der Waals surface area (Å²) < 4.78 is 5.68. The van der Waals surface area contributed by atoms with Gasteiger partial charge in [-0.25, -0.2) is 0 Å². The summed E-state index contributed by atoms with van der Waals surface area (Å²) in [5.74, 6) is 0.650. The zero-order valence-corrected chi connectivity index (χ0v) is 11.6. The molecule has 0 fully saturated rings. The molecule has 16 heavy (non-hydrogen) atoms. The SMILES string of the molecule is CC(=O)NCC(C)(C)OCCC(C)C.CN. The third-order valence-electron chi connectivity index (χ3n) is 1.95. The van der Waals surface area contributed by atoms with E-state index < -0.39 is 0 Å². The maximum Gasteiger partial charge on any atom is 0.216 e. The number of nitrogens with one attached hydrogen (secondary N) is 1. The Kier molecular flexibility index (Phi) is 10.7. The predicted octanol–water partition coefficient (Wildman–Crippen LogP) is 1.54. The fraction of sp³-hybridized carbons (Fsp3) is 0.917. The van der Waals surface area contributed by atoms with Crippen molar-refractivity contribution < 1.29 is 9.53 Å². The van der Waals surface area contributed by atoms with Gasteiger partial charge in [0, 0.05) is 20.1 Å². The van der Waals surface area contributed by atoms with Crippen LogP contribution >= 0.6 is 0 Å². The van der Waals surface area contributed by atoms with Crippen LogP contribution in [0.15, 0.2) is 0 Å². The van der Waals surface area contributed by atoms with E-state index in [2.05, 4.69) is 24.9 Å². The first-order chi connectivity index (χ1) is 7.33. The first-order valence-corrected chi connectivity index (χ1v) is 5.79. The van der Waals surface area contributed by atoms with Crippen LogP contribution in [0.5, 0.6) is 0 Å². The lowest BCUT2D eigenvalue weighted by molar-refractivity contribution is -0.120.